The van der Waals surface area contributed by atoms with E-state index < -0.39 is 10.8 Å². The molecule has 8 bridgehead atoms. The molecule has 11 aliphatic rings. The van der Waals surface area contributed by atoms with Gasteiger partial charge in [-0.1, -0.05) is 279 Å². The summed E-state index contributed by atoms with van der Waals surface area (Å²) in [5.41, 5.74) is 26.0. The van der Waals surface area contributed by atoms with Crippen molar-refractivity contribution in [1.29, 1.82) is 0 Å². The van der Waals surface area contributed by atoms with Crippen LogP contribution in [0.3, 0.4) is 0 Å². The molecule has 0 amide bonds. The standard InChI is InChI=1S/C100H92O4/c1-95(2,3)77-53-73(46-42-69-20-19-23-83-88(69)90(102)82-22-18-17-21-81(82)89(83)101)91-84(57-77)99(13,14)85-58-79(97(7,8)9)55-75(92(85)103-91)48-44-71-51-64-32-38-67(71)39-33-65-35-41-68(40-34-64)72(52-65)45-49-76-56-80(98(10,11)12)60-87-94(76)104-93-74(54-78(96(4,5)6)59-86(93)100(87,15)16)47-43-70-50-63-29-28-61-24-26-62(27-25-61)30-36-66(70)37-31-63/h17-27,31-32,35,37-38,41,50-60H,28-30,33-34,36,39-40H2,1-16H3. The van der Waals surface area contributed by atoms with Gasteiger partial charge in [0, 0.05) is 77.6 Å². The van der Waals surface area contributed by atoms with Crippen molar-refractivity contribution in [3.8, 4) is 70.4 Å². The molecule has 0 N–H and O–H groups in total. The minimum Gasteiger partial charge on any atom is -0.454 e. The fourth-order valence-corrected chi connectivity index (χ4v) is 15.5. The maximum atomic E-state index is 14.2. The Morgan fingerprint density at radius 2 is 0.558 bits per heavy atom. The zero-order valence-electron chi connectivity index (χ0n) is 63.5. The predicted octanol–water partition coefficient (Wildman–Crippen LogP) is 21.9. The van der Waals surface area contributed by atoms with E-state index in [0.717, 1.165) is 130 Å². The Kier molecular flexibility index (Phi) is 17.1. The molecular weight excluding hydrogens is 1270 g/mol. The van der Waals surface area contributed by atoms with Crippen molar-refractivity contribution in [2.75, 3.05) is 0 Å². The lowest BCUT2D eigenvalue weighted by molar-refractivity contribution is 0.0979. The Hall–Kier alpha value is -10.6. The van der Waals surface area contributed by atoms with Crippen molar-refractivity contribution < 1.29 is 19.1 Å². The smallest absolute Gasteiger partial charge is 0.195 e. The molecule has 0 fully saturated rings. The van der Waals surface area contributed by atoms with E-state index in [0.29, 0.717) is 39.1 Å². The van der Waals surface area contributed by atoms with Crippen molar-refractivity contribution in [2.45, 2.75) is 195 Å². The molecule has 4 nitrogen and oxygen atoms in total. The Morgan fingerprint density at radius 3 is 0.904 bits per heavy atom. The van der Waals surface area contributed by atoms with Gasteiger partial charge in [-0.2, -0.15) is 0 Å². The number of ether oxygens (including phenoxy) is 2. The molecule has 0 unspecified atom stereocenters. The molecule has 0 aromatic heterocycles. The Balaban J connectivity index is 0.763. The Morgan fingerprint density at radius 1 is 0.279 bits per heavy atom. The topological polar surface area (TPSA) is 52.6 Å². The van der Waals surface area contributed by atoms with Crippen molar-refractivity contribution in [2.24, 2.45) is 0 Å². The number of carbonyl (C=O) groups excluding carboxylic acids is 2. The summed E-state index contributed by atoms with van der Waals surface area (Å²) >= 11 is 0. The number of fused-ring (bicyclic) bond motifs is 6. The number of aryl methyl sites for hydroxylation is 8. The SMILES string of the molecule is CC(C)(C)c1cc(C#Cc2cc3ccc2CCc2ccc(cc2)CC3)c2c(c1)C(C)(C)c1cc(C(C)(C)C)cc(C#Cc3cc4ccc3CCc3ccc(c(C#Cc5cc(C(C)(C)C)cc6c5Oc5c(C#Cc7cccc8c7C(=O)c7ccccc7C8=O)cc(C(C)(C)C)cc5C6(C)C)c3)CC4)c1O2. The molecular formula is C100H92O4. The first-order valence-corrected chi connectivity index (χ1v) is 37.3. The first-order valence-electron chi connectivity index (χ1n) is 37.3. The predicted molar refractivity (Wildman–Crippen MR) is 424 cm³/mol. The molecule has 10 aromatic carbocycles. The highest BCUT2D eigenvalue weighted by Crippen LogP contribution is 2.55. The second kappa shape index (κ2) is 25.7. The van der Waals surface area contributed by atoms with E-state index in [1.165, 1.54) is 61.2 Å². The zero-order chi connectivity index (χ0) is 73.2. The average Bonchev–Trinajstić information content (AvgIpc) is 0.729. The van der Waals surface area contributed by atoms with E-state index >= 15 is 0 Å². The van der Waals surface area contributed by atoms with Crippen molar-refractivity contribution in [3.63, 3.8) is 0 Å². The van der Waals surface area contributed by atoms with Gasteiger partial charge in [0.15, 0.2) is 11.6 Å². The van der Waals surface area contributed by atoms with Crippen molar-refractivity contribution in [3.05, 3.63) is 326 Å². The third-order valence-electron chi connectivity index (χ3n) is 22.5. The van der Waals surface area contributed by atoms with Crippen LogP contribution in [0.5, 0.6) is 23.0 Å². The molecule has 2 aliphatic heterocycles. The number of hydrogen-bond acceptors (Lipinski definition) is 4. The van der Waals surface area contributed by atoms with Crippen molar-refractivity contribution in [1.82, 2.24) is 0 Å². The summed E-state index contributed by atoms with van der Waals surface area (Å²) in [5.74, 6) is 32.2. The Bertz CT molecular complexity index is 5580. The largest absolute Gasteiger partial charge is 0.454 e. The molecule has 0 saturated carbocycles. The van der Waals surface area contributed by atoms with Gasteiger partial charge < -0.3 is 9.47 Å². The summed E-state index contributed by atoms with van der Waals surface area (Å²) in [6.07, 6.45) is 7.04. The summed E-state index contributed by atoms with van der Waals surface area (Å²) in [7, 11) is 0. The van der Waals surface area contributed by atoms with Crippen LogP contribution in [-0.2, 0) is 83.9 Å². The summed E-state index contributed by atoms with van der Waals surface area (Å²) < 4.78 is 14.8. The molecule has 0 radical (unpaired) electrons. The lowest BCUT2D eigenvalue weighted by Crippen LogP contribution is -2.28. The van der Waals surface area contributed by atoms with Crippen LogP contribution in [0.2, 0.25) is 0 Å². The monoisotopic (exact) mass is 1360 g/mol. The maximum absolute atomic E-state index is 14.2. The van der Waals surface area contributed by atoms with Crippen LogP contribution in [0.4, 0.5) is 0 Å². The van der Waals surface area contributed by atoms with Crippen LogP contribution in [0.25, 0.3) is 0 Å². The van der Waals surface area contributed by atoms with Gasteiger partial charge in [-0.25, -0.2) is 0 Å². The van der Waals surface area contributed by atoms with Crippen LogP contribution in [0.1, 0.15) is 276 Å². The molecule has 516 valence electrons. The molecule has 0 atom stereocenters. The number of hydrogen-bond donors (Lipinski definition) is 0. The fraction of sp³-hybridized carbons (Fsp3) is 0.300. The Labute approximate surface area is 617 Å². The summed E-state index contributed by atoms with van der Waals surface area (Å²) in [6, 6.07) is 60.6. The summed E-state index contributed by atoms with van der Waals surface area (Å²) in [6.45, 7) is 36.4. The van der Waals surface area contributed by atoms with Crippen LogP contribution in [0.15, 0.2) is 170 Å². The minimum absolute atomic E-state index is 0.133. The van der Waals surface area contributed by atoms with E-state index in [1.54, 1.807) is 30.3 Å². The molecule has 104 heavy (non-hydrogen) atoms. The lowest BCUT2D eigenvalue weighted by Gasteiger charge is -2.38. The second-order valence-electron chi connectivity index (χ2n) is 34.8. The van der Waals surface area contributed by atoms with Gasteiger partial charge in [-0.05, 0) is 188 Å². The normalized spacial score (nSPS) is 15.0. The van der Waals surface area contributed by atoms with Crippen LogP contribution in [-0.4, -0.2) is 11.6 Å². The molecule has 9 aliphatic carbocycles. The van der Waals surface area contributed by atoms with Gasteiger partial charge in [0.05, 0.1) is 22.3 Å². The fourth-order valence-electron chi connectivity index (χ4n) is 15.5. The van der Waals surface area contributed by atoms with Crippen LogP contribution < -0.4 is 9.47 Å². The molecule has 0 spiro atoms. The van der Waals surface area contributed by atoms with E-state index in [-0.39, 0.29) is 33.2 Å². The number of carbonyl (C=O) groups is 2. The van der Waals surface area contributed by atoms with Crippen LogP contribution >= 0.6 is 0 Å². The molecule has 4 heteroatoms. The number of ketones is 2. The third-order valence-corrected chi connectivity index (χ3v) is 22.5. The van der Waals surface area contributed by atoms with Crippen molar-refractivity contribution >= 4 is 11.6 Å². The second-order valence-corrected chi connectivity index (χ2v) is 34.8. The van der Waals surface area contributed by atoms with E-state index in [1.807, 2.05) is 12.1 Å². The number of rotatable bonds is 0. The quantitative estimate of drug-likeness (QED) is 0.142. The van der Waals surface area contributed by atoms with E-state index in [9.17, 15) is 9.59 Å². The maximum Gasteiger partial charge on any atom is 0.195 e. The highest BCUT2D eigenvalue weighted by atomic mass is 16.5. The third kappa shape index (κ3) is 13.0. The lowest BCUT2D eigenvalue weighted by atomic mass is 9.70. The van der Waals surface area contributed by atoms with E-state index in [4.69, 9.17) is 9.47 Å². The molecule has 0 saturated heterocycles. The molecule has 21 rings (SSSR count). The van der Waals surface area contributed by atoms with Crippen LogP contribution in [0, 0.1) is 47.4 Å². The first kappa shape index (κ1) is 69.1. The minimum atomic E-state index is -0.533. The van der Waals surface area contributed by atoms with Gasteiger partial charge >= 0.3 is 0 Å². The summed E-state index contributed by atoms with van der Waals surface area (Å²) in [5, 5.41) is 0. The van der Waals surface area contributed by atoms with Gasteiger partial charge in [0.1, 0.15) is 23.0 Å². The molecule has 2 heterocycles. The molecule has 10 aromatic rings. The first-order chi connectivity index (χ1) is 49.3. The van der Waals surface area contributed by atoms with Gasteiger partial charge in [-0.3, -0.25) is 9.59 Å². The van der Waals surface area contributed by atoms with Gasteiger partial charge in [0.2, 0.25) is 0 Å². The van der Waals surface area contributed by atoms with E-state index in [2.05, 4.69) is 286 Å². The van der Waals surface area contributed by atoms with Gasteiger partial charge in [-0.15, -0.1) is 0 Å². The van der Waals surface area contributed by atoms with Gasteiger partial charge in [0.25, 0.3) is 0 Å². The highest BCUT2D eigenvalue weighted by molar-refractivity contribution is 6.29. The average molecular weight is 1360 g/mol. The highest BCUT2D eigenvalue weighted by Gasteiger charge is 2.42. The summed E-state index contributed by atoms with van der Waals surface area (Å²) in [4.78, 5) is 28.1. The zero-order valence-corrected chi connectivity index (χ0v) is 63.5. The number of benzene rings is 10.